The van der Waals surface area contributed by atoms with Crippen molar-refractivity contribution < 1.29 is 0 Å². The van der Waals surface area contributed by atoms with E-state index in [0.29, 0.717) is 0 Å². The molecule has 0 unspecified atom stereocenters. The maximum atomic E-state index is 5.53. The topological polar surface area (TPSA) is 50.3 Å². The first-order chi connectivity index (χ1) is 9.29. The number of piperazine rings is 1. The molecule has 1 aliphatic heterocycles. The van der Waals surface area contributed by atoms with Crippen LogP contribution in [0, 0.1) is 6.92 Å². The molecule has 0 bridgehead atoms. The number of hydrogen-bond donors (Lipinski definition) is 1. The van der Waals surface area contributed by atoms with Gasteiger partial charge < -0.3 is 15.2 Å². The molecule has 0 radical (unpaired) electrons. The molecule has 2 rings (SSSR count). The van der Waals surface area contributed by atoms with Gasteiger partial charge in [-0.1, -0.05) is 0 Å². The van der Waals surface area contributed by atoms with Gasteiger partial charge in [0.1, 0.15) is 5.82 Å². The van der Waals surface area contributed by atoms with E-state index in [0.717, 1.165) is 31.9 Å². The van der Waals surface area contributed by atoms with Crippen molar-refractivity contribution in [2.24, 2.45) is 5.73 Å². The largest absolute Gasteiger partial charge is 0.334 e. The highest BCUT2D eigenvalue weighted by Crippen LogP contribution is 2.04. The molecule has 1 aromatic heterocycles. The molecular formula is C14H27N5. The second-order valence-electron chi connectivity index (χ2n) is 5.35. The van der Waals surface area contributed by atoms with Crippen molar-refractivity contribution in [1.29, 1.82) is 0 Å². The van der Waals surface area contributed by atoms with Gasteiger partial charge in [0, 0.05) is 51.7 Å². The number of hydrogen-bond acceptors (Lipinski definition) is 4. The summed E-state index contributed by atoms with van der Waals surface area (Å²) in [5, 5.41) is 0. The molecule has 0 atom stereocenters. The monoisotopic (exact) mass is 265 g/mol. The minimum absolute atomic E-state index is 0.824. The lowest BCUT2D eigenvalue weighted by atomic mass is 10.2. The molecule has 0 spiro atoms. The maximum absolute atomic E-state index is 5.53. The lowest BCUT2D eigenvalue weighted by Crippen LogP contribution is -2.47. The van der Waals surface area contributed by atoms with Gasteiger partial charge in [0.15, 0.2) is 0 Å². The molecule has 1 saturated heterocycles. The van der Waals surface area contributed by atoms with E-state index in [9.17, 15) is 0 Å². The Hall–Kier alpha value is -0.910. The highest BCUT2D eigenvalue weighted by atomic mass is 15.3. The van der Waals surface area contributed by atoms with Gasteiger partial charge in [0.05, 0.1) is 0 Å². The van der Waals surface area contributed by atoms with Crippen LogP contribution < -0.4 is 5.73 Å². The van der Waals surface area contributed by atoms with E-state index in [1.165, 1.54) is 39.1 Å². The summed E-state index contributed by atoms with van der Waals surface area (Å²) in [6.07, 6.45) is 6.34. The van der Waals surface area contributed by atoms with Crippen LogP contribution in [0.3, 0.4) is 0 Å². The normalized spacial score (nSPS) is 18.0. The molecule has 0 saturated carbocycles. The average molecular weight is 265 g/mol. The highest BCUT2D eigenvalue weighted by molar-refractivity contribution is 4.88. The molecule has 19 heavy (non-hydrogen) atoms. The third-order valence-electron chi connectivity index (χ3n) is 3.97. The summed E-state index contributed by atoms with van der Waals surface area (Å²) >= 11 is 0. The molecule has 1 aliphatic rings. The molecule has 0 aliphatic carbocycles. The molecule has 5 nitrogen and oxygen atoms in total. The van der Waals surface area contributed by atoms with E-state index < -0.39 is 0 Å². The van der Waals surface area contributed by atoms with E-state index in [4.69, 9.17) is 5.73 Å². The second-order valence-corrected chi connectivity index (χ2v) is 5.35. The average Bonchev–Trinajstić information content (AvgIpc) is 2.84. The van der Waals surface area contributed by atoms with Gasteiger partial charge in [0.25, 0.3) is 0 Å². The van der Waals surface area contributed by atoms with Crippen LogP contribution in [-0.4, -0.2) is 65.2 Å². The van der Waals surface area contributed by atoms with Gasteiger partial charge in [-0.25, -0.2) is 4.98 Å². The zero-order valence-corrected chi connectivity index (χ0v) is 12.1. The smallest absolute Gasteiger partial charge is 0.105 e. The Morgan fingerprint density at radius 1 is 1.05 bits per heavy atom. The Balaban J connectivity index is 1.62. The van der Waals surface area contributed by atoms with Crippen LogP contribution in [0.1, 0.15) is 18.7 Å². The van der Waals surface area contributed by atoms with Crippen molar-refractivity contribution in [2.75, 3.05) is 45.8 Å². The minimum Gasteiger partial charge on any atom is -0.334 e. The number of imidazole rings is 1. The highest BCUT2D eigenvalue weighted by Gasteiger charge is 2.15. The Morgan fingerprint density at radius 2 is 1.74 bits per heavy atom. The number of aryl methyl sites for hydroxylation is 1. The van der Waals surface area contributed by atoms with Crippen LogP contribution >= 0.6 is 0 Å². The quantitative estimate of drug-likeness (QED) is 0.732. The lowest BCUT2D eigenvalue weighted by molar-refractivity contribution is 0.127. The summed E-state index contributed by atoms with van der Waals surface area (Å²) in [6.45, 7) is 11.1. The van der Waals surface area contributed by atoms with E-state index in [1.54, 1.807) is 0 Å². The number of nitrogens with zero attached hydrogens (tertiary/aromatic N) is 4. The Kier molecular flexibility index (Phi) is 5.82. The molecule has 5 heteroatoms. The van der Waals surface area contributed by atoms with Crippen LogP contribution in [0.2, 0.25) is 0 Å². The number of unbranched alkanes of at least 4 members (excludes halogenated alkanes) is 1. The SMILES string of the molecule is Cc1nccn1CCN1CCN(CCCCN)CC1. The zero-order valence-electron chi connectivity index (χ0n) is 12.1. The standard InChI is InChI=1S/C14H27N5/c1-14-16-5-7-19(14)13-12-18-10-8-17(9-11-18)6-3-2-4-15/h5,7H,2-4,6,8-13,15H2,1H3. The van der Waals surface area contributed by atoms with Gasteiger partial charge in [0.2, 0.25) is 0 Å². The van der Waals surface area contributed by atoms with Crippen LogP contribution in [0.25, 0.3) is 0 Å². The van der Waals surface area contributed by atoms with Crippen molar-refractivity contribution >= 4 is 0 Å². The number of rotatable bonds is 7. The third-order valence-corrected chi connectivity index (χ3v) is 3.97. The molecule has 2 N–H and O–H groups in total. The maximum Gasteiger partial charge on any atom is 0.105 e. The summed E-state index contributed by atoms with van der Waals surface area (Å²) < 4.78 is 2.23. The molecule has 1 aromatic rings. The van der Waals surface area contributed by atoms with Gasteiger partial charge in [-0.2, -0.15) is 0 Å². The summed E-state index contributed by atoms with van der Waals surface area (Å²) in [6, 6.07) is 0. The Morgan fingerprint density at radius 3 is 2.32 bits per heavy atom. The van der Waals surface area contributed by atoms with E-state index >= 15 is 0 Å². The van der Waals surface area contributed by atoms with Crippen LogP contribution in [0.5, 0.6) is 0 Å². The Bertz CT molecular complexity index is 354. The first-order valence-electron chi connectivity index (χ1n) is 7.42. The third kappa shape index (κ3) is 4.60. The molecular weight excluding hydrogens is 238 g/mol. The summed E-state index contributed by atoms with van der Waals surface area (Å²) in [4.78, 5) is 9.38. The van der Waals surface area contributed by atoms with Gasteiger partial charge >= 0.3 is 0 Å². The molecule has 108 valence electrons. The van der Waals surface area contributed by atoms with Crippen molar-refractivity contribution in [3.63, 3.8) is 0 Å². The number of aromatic nitrogens is 2. The summed E-state index contributed by atoms with van der Waals surface area (Å²) in [5.74, 6) is 1.11. The molecule has 2 heterocycles. The van der Waals surface area contributed by atoms with E-state index in [2.05, 4.69) is 32.5 Å². The fourth-order valence-corrected chi connectivity index (χ4v) is 2.61. The van der Waals surface area contributed by atoms with Crippen LogP contribution in [0.4, 0.5) is 0 Å². The molecule has 0 amide bonds. The second kappa shape index (κ2) is 7.62. The first kappa shape index (κ1) is 14.5. The van der Waals surface area contributed by atoms with E-state index in [-0.39, 0.29) is 0 Å². The predicted molar refractivity (Wildman–Crippen MR) is 78.1 cm³/mol. The van der Waals surface area contributed by atoms with E-state index in [1.807, 2.05) is 6.20 Å². The van der Waals surface area contributed by atoms with Crippen LogP contribution in [-0.2, 0) is 6.54 Å². The number of nitrogens with two attached hydrogens (primary N) is 1. The lowest BCUT2D eigenvalue weighted by Gasteiger charge is -2.34. The molecule has 0 aromatic carbocycles. The fraction of sp³-hybridized carbons (Fsp3) is 0.786. The molecule has 1 fully saturated rings. The van der Waals surface area contributed by atoms with Crippen molar-refractivity contribution in [3.05, 3.63) is 18.2 Å². The predicted octanol–water partition coefficient (Wildman–Crippen LogP) is 0.548. The summed E-state index contributed by atoms with van der Waals surface area (Å²) in [7, 11) is 0. The van der Waals surface area contributed by atoms with Gasteiger partial charge in [-0.3, -0.25) is 4.90 Å². The summed E-state index contributed by atoms with van der Waals surface area (Å²) in [5.41, 5.74) is 5.53. The van der Waals surface area contributed by atoms with Crippen molar-refractivity contribution in [1.82, 2.24) is 19.4 Å². The van der Waals surface area contributed by atoms with Gasteiger partial charge in [-0.15, -0.1) is 0 Å². The zero-order chi connectivity index (χ0) is 13.5. The fourth-order valence-electron chi connectivity index (χ4n) is 2.61. The Labute approximate surface area is 116 Å². The van der Waals surface area contributed by atoms with Crippen LogP contribution in [0.15, 0.2) is 12.4 Å². The minimum atomic E-state index is 0.824. The van der Waals surface area contributed by atoms with Crippen molar-refractivity contribution in [2.45, 2.75) is 26.3 Å². The van der Waals surface area contributed by atoms with Crippen molar-refractivity contribution in [3.8, 4) is 0 Å². The first-order valence-corrected chi connectivity index (χ1v) is 7.42. The van der Waals surface area contributed by atoms with Gasteiger partial charge in [-0.05, 0) is 32.9 Å².